The maximum atomic E-state index is 8.16. The van der Waals surface area contributed by atoms with Crippen LogP contribution in [0.3, 0.4) is 0 Å². The molecule has 3 heteroatoms. The van der Waals surface area contributed by atoms with Gasteiger partial charge in [-0.25, -0.2) is 0 Å². The number of hydrogen-bond donors (Lipinski definition) is 2. The summed E-state index contributed by atoms with van der Waals surface area (Å²) in [6.07, 6.45) is 3.12. The van der Waals surface area contributed by atoms with Crippen molar-refractivity contribution in [1.82, 2.24) is 10.2 Å². The molecule has 2 N–H and O–H groups in total. The number of rotatable bonds is 9. The summed E-state index contributed by atoms with van der Waals surface area (Å²) in [7, 11) is 1.94. The second kappa shape index (κ2) is 11.0. The first-order chi connectivity index (χ1) is 16.0. The second-order valence-corrected chi connectivity index (χ2v) is 7.90. The molecule has 0 fully saturated rings. The summed E-state index contributed by atoms with van der Waals surface area (Å²) in [6.45, 7) is 12.5. The van der Waals surface area contributed by atoms with E-state index in [1.54, 1.807) is 6.20 Å². The van der Waals surface area contributed by atoms with Crippen molar-refractivity contribution in [1.29, 1.82) is 5.41 Å². The topological polar surface area (TPSA) is 39.1 Å². The first-order valence-corrected chi connectivity index (χ1v) is 10.9. The number of hydrogen-bond acceptors (Lipinski definition) is 3. The fraction of sp³-hybridized carbons (Fsp3) is 0.100. The summed E-state index contributed by atoms with van der Waals surface area (Å²) in [4.78, 5) is 1.93. The summed E-state index contributed by atoms with van der Waals surface area (Å²) in [6, 6.07) is 28.6. The highest BCUT2D eigenvalue weighted by Gasteiger charge is 2.18. The Bertz CT molecular complexity index is 1180. The van der Waals surface area contributed by atoms with Gasteiger partial charge in [0, 0.05) is 18.8 Å². The van der Waals surface area contributed by atoms with Gasteiger partial charge < -0.3 is 15.6 Å². The molecule has 3 aromatic carbocycles. The lowest BCUT2D eigenvalue weighted by Crippen LogP contribution is -2.27. The number of benzene rings is 3. The van der Waals surface area contributed by atoms with Gasteiger partial charge in [0.15, 0.2) is 0 Å². The van der Waals surface area contributed by atoms with Gasteiger partial charge in [0.05, 0.1) is 5.70 Å². The molecule has 33 heavy (non-hydrogen) atoms. The maximum absolute atomic E-state index is 8.16. The van der Waals surface area contributed by atoms with Gasteiger partial charge >= 0.3 is 0 Å². The van der Waals surface area contributed by atoms with Gasteiger partial charge in [-0.1, -0.05) is 104 Å². The Morgan fingerprint density at radius 2 is 1.39 bits per heavy atom. The fourth-order valence-electron chi connectivity index (χ4n) is 3.59. The average Bonchev–Trinajstić information content (AvgIpc) is 2.87. The van der Waals surface area contributed by atoms with Crippen molar-refractivity contribution in [2.45, 2.75) is 13.8 Å². The van der Waals surface area contributed by atoms with E-state index in [-0.39, 0.29) is 0 Å². The summed E-state index contributed by atoms with van der Waals surface area (Å²) in [5.41, 5.74) is 7.84. The maximum Gasteiger partial charge on any atom is 0.118 e. The van der Waals surface area contributed by atoms with Crippen LogP contribution in [0.15, 0.2) is 116 Å². The van der Waals surface area contributed by atoms with Crippen LogP contribution in [-0.4, -0.2) is 18.2 Å². The van der Waals surface area contributed by atoms with Crippen molar-refractivity contribution in [3.05, 3.63) is 138 Å². The number of allylic oxidation sites excluding steroid dienone is 4. The van der Waals surface area contributed by atoms with E-state index in [1.165, 1.54) is 11.8 Å². The van der Waals surface area contributed by atoms with Gasteiger partial charge in [-0.2, -0.15) is 0 Å². The Morgan fingerprint density at radius 1 is 0.848 bits per heavy atom. The molecule has 166 valence electrons. The van der Waals surface area contributed by atoms with Gasteiger partial charge in [-0.05, 0) is 47.9 Å². The summed E-state index contributed by atoms with van der Waals surface area (Å²) in [5, 5.41) is 11.7. The molecule has 0 bridgehead atoms. The normalized spacial score (nSPS) is 12.2. The highest BCUT2D eigenvalue weighted by atomic mass is 15.2. The molecule has 0 spiro atoms. The van der Waals surface area contributed by atoms with Crippen LogP contribution in [-0.2, 0) is 0 Å². The number of nitrogens with one attached hydrogen (secondary N) is 2. The third-order valence-electron chi connectivity index (χ3n) is 5.64. The number of nitrogens with zero attached hydrogens (tertiary/aromatic N) is 1. The van der Waals surface area contributed by atoms with Crippen LogP contribution in [0.25, 0.3) is 16.7 Å². The first kappa shape index (κ1) is 23.6. The molecule has 0 radical (unpaired) electrons. The third-order valence-corrected chi connectivity index (χ3v) is 5.64. The van der Waals surface area contributed by atoms with E-state index in [0.717, 1.165) is 39.2 Å². The van der Waals surface area contributed by atoms with E-state index in [4.69, 9.17) is 5.41 Å². The summed E-state index contributed by atoms with van der Waals surface area (Å²) < 4.78 is 0. The predicted molar refractivity (Wildman–Crippen MR) is 142 cm³/mol. The molecule has 0 saturated heterocycles. The van der Waals surface area contributed by atoms with Crippen molar-refractivity contribution in [3.63, 3.8) is 0 Å². The van der Waals surface area contributed by atoms with E-state index < -0.39 is 0 Å². The third kappa shape index (κ3) is 5.58. The molecule has 3 nitrogen and oxygen atoms in total. The summed E-state index contributed by atoms with van der Waals surface area (Å²) in [5.74, 6) is 0.801. The largest absolute Gasteiger partial charge is 0.340 e. The molecular weight excluding hydrogens is 402 g/mol. The Kier molecular flexibility index (Phi) is 7.82. The van der Waals surface area contributed by atoms with E-state index in [0.29, 0.717) is 5.70 Å². The zero-order valence-electron chi connectivity index (χ0n) is 19.6. The molecule has 0 aliphatic rings. The Hall–Kier alpha value is -4.11. The standard InChI is InChI=1S/C30H31N3/c1-6-33(5)30(32-28(21-31)23(3)26-19-17-22(2)18-20-26)29(27-15-11-8-12-16-27)24(4)25-13-9-7-10-14-25/h6-21,31-32H,1,4H2,2-3,5H3/b28-23+,30-29+,31-21?. The van der Waals surface area contributed by atoms with Crippen LogP contribution < -0.4 is 5.32 Å². The van der Waals surface area contributed by atoms with Crippen molar-refractivity contribution in [3.8, 4) is 0 Å². The molecule has 0 aliphatic carbocycles. The van der Waals surface area contributed by atoms with Gasteiger partial charge in [-0.15, -0.1) is 0 Å². The highest BCUT2D eigenvalue weighted by molar-refractivity contribution is 6.05. The predicted octanol–water partition coefficient (Wildman–Crippen LogP) is 7.12. The van der Waals surface area contributed by atoms with Crippen LogP contribution >= 0.6 is 0 Å². The number of aryl methyl sites for hydroxylation is 1. The lowest BCUT2D eigenvalue weighted by atomic mass is 9.93. The van der Waals surface area contributed by atoms with Gasteiger partial charge in [0.25, 0.3) is 0 Å². The SMILES string of the molecule is C=CN(C)/C(N/C(C=N)=C(\C)c1ccc(C)cc1)=C(\C(=C)c1ccccc1)c1ccccc1. The fourth-order valence-corrected chi connectivity index (χ4v) is 3.59. The van der Waals surface area contributed by atoms with Crippen molar-refractivity contribution in [2.24, 2.45) is 0 Å². The van der Waals surface area contributed by atoms with E-state index in [2.05, 4.69) is 73.9 Å². The molecule has 3 aromatic rings. The molecule has 0 aliphatic heterocycles. The minimum absolute atomic E-state index is 0.705. The smallest absolute Gasteiger partial charge is 0.118 e. The van der Waals surface area contributed by atoms with Crippen molar-refractivity contribution in [2.75, 3.05) is 7.05 Å². The quantitative estimate of drug-likeness (QED) is 0.278. The molecule has 0 unspecified atom stereocenters. The highest BCUT2D eigenvalue weighted by Crippen LogP contribution is 2.33. The van der Waals surface area contributed by atoms with Crippen LogP contribution in [0.4, 0.5) is 0 Å². The van der Waals surface area contributed by atoms with Gasteiger partial charge in [0.1, 0.15) is 5.82 Å². The molecule has 0 amide bonds. The lowest BCUT2D eigenvalue weighted by molar-refractivity contribution is 0.536. The first-order valence-electron chi connectivity index (χ1n) is 10.9. The molecule has 0 aromatic heterocycles. The Morgan fingerprint density at radius 3 is 1.91 bits per heavy atom. The Balaban J connectivity index is 2.22. The minimum atomic E-state index is 0.705. The van der Waals surface area contributed by atoms with Gasteiger partial charge in [-0.3, -0.25) is 0 Å². The van der Waals surface area contributed by atoms with Crippen molar-refractivity contribution >= 4 is 22.9 Å². The monoisotopic (exact) mass is 433 g/mol. The Labute approximate surface area is 197 Å². The molecular formula is C30H31N3. The van der Waals surface area contributed by atoms with E-state index >= 15 is 0 Å². The van der Waals surface area contributed by atoms with Crippen LogP contribution in [0, 0.1) is 12.3 Å². The average molecular weight is 434 g/mol. The molecule has 0 saturated carbocycles. The lowest BCUT2D eigenvalue weighted by Gasteiger charge is -2.27. The minimum Gasteiger partial charge on any atom is -0.340 e. The van der Waals surface area contributed by atoms with Crippen LogP contribution in [0.2, 0.25) is 0 Å². The van der Waals surface area contributed by atoms with Crippen LogP contribution in [0.5, 0.6) is 0 Å². The zero-order valence-corrected chi connectivity index (χ0v) is 19.6. The molecule has 0 heterocycles. The van der Waals surface area contributed by atoms with E-state index in [9.17, 15) is 0 Å². The van der Waals surface area contributed by atoms with Crippen molar-refractivity contribution < 1.29 is 0 Å². The van der Waals surface area contributed by atoms with Gasteiger partial charge in [0.2, 0.25) is 0 Å². The van der Waals surface area contributed by atoms with E-state index in [1.807, 2.05) is 55.3 Å². The second-order valence-electron chi connectivity index (χ2n) is 7.90. The zero-order chi connectivity index (χ0) is 23.8. The van der Waals surface area contributed by atoms with Crippen LogP contribution in [0.1, 0.15) is 29.2 Å². The molecule has 3 rings (SSSR count). The summed E-state index contributed by atoms with van der Waals surface area (Å²) >= 11 is 0. The molecule has 0 atom stereocenters.